The number of hydrogen-bond donors (Lipinski definition) is 4. The second-order valence-corrected chi connectivity index (χ2v) is 6.29. The lowest BCUT2D eigenvalue weighted by Gasteiger charge is -2.15. The summed E-state index contributed by atoms with van der Waals surface area (Å²) in [6.45, 7) is 0. The molecule has 150 valence electrons. The lowest BCUT2D eigenvalue weighted by molar-refractivity contribution is 0.0680. The largest absolute Gasteiger partial charge is 0.478 e. The molecule has 0 aliphatic carbocycles. The average Bonchev–Trinajstić information content (AvgIpc) is 2.72. The van der Waals surface area contributed by atoms with Gasteiger partial charge in [-0.05, 0) is 52.6 Å². The molecule has 30 heavy (non-hydrogen) atoms. The standard InChI is InChI=1S/C22H14O8/c23-19(24)12-6-7-13(20(25)26)15(8-12)16-10-17(21(27)28)14(9-18(16)22(29)30)11-4-2-1-3-5-11/h1-10H,(H,23,24)(H,25,26)(H,27,28)(H,29,30). The van der Waals surface area contributed by atoms with Gasteiger partial charge in [-0.3, -0.25) is 0 Å². The van der Waals surface area contributed by atoms with E-state index in [0.29, 0.717) is 5.56 Å². The average molecular weight is 406 g/mol. The van der Waals surface area contributed by atoms with Gasteiger partial charge in [0.15, 0.2) is 0 Å². The number of carboxylic acid groups (broad SMARTS) is 4. The fourth-order valence-corrected chi connectivity index (χ4v) is 3.12. The van der Waals surface area contributed by atoms with Crippen molar-refractivity contribution in [3.8, 4) is 22.3 Å². The summed E-state index contributed by atoms with van der Waals surface area (Å²) in [7, 11) is 0. The molecule has 0 unspecified atom stereocenters. The minimum absolute atomic E-state index is 0.135. The number of rotatable bonds is 6. The van der Waals surface area contributed by atoms with Crippen molar-refractivity contribution in [2.45, 2.75) is 0 Å². The van der Waals surface area contributed by atoms with Crippen LogP contribution >= 0.6 is 0 Å². The Labute approximate surface area is 169 Å². The SMILES string of the molecule is O=C(O)c1ccc(C(=O)O)c(-c2cc(C(=O)O)c(-c3ccccc3)cc2C(=O)O)c1. The molecule has 4 N–H and O–H groups in total. The monoisotopic (exact) mass is 406 g/mol. The van der Waals surface area contributed by atoms with Crippen molar-refractivity contribution in [3.05, 3.63) is 82.9 Å². The Morgan fingerprint density at radius 1 is 0.500 bits per heavy atom. The van der Waals surface area contributed by atoms with Crippen molar-refractivity contribution >= 4 is 23.9 Å². The number of carboxylic acids is 4. The molecule has 0 fully saturated rings. The van der Waals surface area contributed by atoms with Crippen LogP contribution < -0.4 is 0 Å². The summed E-state index contributed by atoms with van der Waals surface area (Å²) in [5.41, 5.74) is -1.05. The highest BCUT2D eigenvalue weighted by Crippen LogP contribution is 2.35. The zero-order valence-corrected chi connectivity index (χ0v) is 15.2. The Hall–Kier alpha value is -4.46. The quantitative estimate of drug-likeness (QED) is 0.483. The Morgan fingerprint density at radius 3 is 1.53 bits per heavy atom. The van der Waals surface area contributed by atoms with E-state index >= 15 is 0 Å². The van der Waals surface area contributed by atoms with E-state index < -0.39 is 23.9 Å². The number of hydrogen-bond acceptors (Lipinski definition) is 4. The molecule has 0 aromatic heterocycles. The predicted octanol–water partition coefficient (Wildman–Crippen LogP) is 3.81. The highest BCUT2D eigenvalue weighted by Gasteiger charge is 2.24. The van der Waals surface area contributed by atoms with Crippen LogP contribution in [0.4, 0.5) is 0 Å². The van der Waals surface area contributed by atoms with E-state index in [4.69, 9.17) is 0 Å². The molecule has 0 aliphatic heterocycles. The topological polar surface area (TPSA) is 149 Å². The zero-order chi connectivity index (χ0) is 22.0. The van der Waals surface area contributed by atoms with Gasteiger partial charge in [0, 0.05) is 0 Å². The maximum atomic E-state index is 11.9. The Morgan fingerprint density at radius 2 is 1.00 bits per heavy atom. The summed E-state index contributed by atoms with van der Waals surface area (Å²) < 4.78 is 0. The van der Waals surface area contributed by atoms with Gasteiger partial charge in [0.05, 0.1) is 22.3 Å². The third-order valence-corrected chi connectivity index (χ3v) is 4.49. The number of carbonyl (C=O) groups is 4. The summed E-state index contributed by atoms with van der Waals surface area (Å²) in [6.07, 6.45) is 0. The van der Waals surface area contributed by atoms with Gasteiger partial charge in [0.25, 0.3) is 0 Å². The van der Waals surface area contributed by atoms with Crippen LogP contribution in [0.3, 0.4) is 0 Å². The first-order valence-electron chi connectivity index (χ1n) is 8.51. The smallest absolute Gasteiger partial charge is 0.336 e. The molecule has 3 aromatic rings. The summed E-state index contributed by atoms with van der Waals surface area (Å²) in [5, 5.41) is 38.1. The highest BCUT2D eigenvalue weighted by atomic mass is 16.4. The van der Waals surface area contributed by atoms with Gasteiger partial charge in [-0.2, -0.15) is 0 Å². The molecular formula is C22H14O8. The number of aromatic carboxylic acids is 4. The summed E-state index contributed by atoms with van der Waals surface area (Å²) in [4.78, 5) is 46.8. The van der Waals surface area contributed by atoms with Crippen LogP contribution in [0.1, 0.15) is 41.4 Å². The second-order valence-electron chi connectivity index (χ2n) is 6.29. The summed E-state index contributed by atoms with van der Waals surface area (Å²) >= 11 is 0. The summed E-state index contributed by atoms with van der Waals surface area (Å²) in [5.74, 6) is -5.53. The molecule has 0 heterocycles. The molecule has 0 amide bonds. The number of benzene rings is 3. The van der Waals surface area contributed by atoms with Gasteiger partial charge in [-0.25, -0.2) is 19.2 Å². The maximum Gasteiger partial charge on any atom is 0.336 e. The van der Waals surface area contributed by atoms with Gasteiger partial charge in [-0.15, -0.1) is 0 Å². The van der Waals surface area contributed by atoms with E-state index in [2.05, 4.69) is 0 Å². The summed E-state index contributed by atoms with van der Waals surface area (Å²) in [6, 6.07) is 13.6. The van der Waals surface area contributed by atoms with Crippen LogP contribution in [0.15, 0.2) is 60.7 Å². The molecule has 3 rings (SSSR count). The molecule has 3 aromatic carbocycles. The van der Waals surface area contributed by atoms with Crippen LogP contribution in [-0.4, -0.2) is 44.3 Å². The molecule has 8 nitrogen and oxygen atoms in total. The first kappa shape index (κ1) is 20.3. The van der Waals surface area contributed by atoms with Crippen LogP contribution in [0.2, 0.25) is 0 Å². The molecule has 0 atom stereocenters. The van der Waals surface area contributed by atoms with Gasteiger partial charge in [0.1, 0.15) is 0 Å². The molecule has 8 heteroatoms. The van der Waals surface area contributed by atoms with Crippen LogP contribution in [0.5, 0.6) is 0 Å². The molecule has 0 bridgehead atoms. The van der Waals surface area contributed by atoms with Crippen LogP contribution in [0.25, 0.3) is 22.3 Å². The molecule has 0 spiro atoms. The first-order valence-corrected chi connectivity index (χ1v) is 8.51. The highest BCUT2D eigenvalue weighted by molar-refractivity contribution is 6.07. The minimum Gasteiger partial charge on any atom is -0.478 e. The second kappa shape index (κ2) is 7.88. The van der Waals surface area contributed by atoms with E-state index in [1.165, 1.54) is 0 Å². The molecule has 0 saturated heterocycles. The Bertz CT molecular complexity index is 1200. The van der Waals surface area contributed by atoms with E-state index in [1.807, 2.05) is 0 Å². The normalized spacial score (nSPS) is 10.4. The Kier molecular flexibility index (Phi) is 5.33. The molecule has 0 aliphatic rings. The van der Waals surface area contributed by atoms with Gasteiger partial charge >= 0.3 is 23.9 Å². The van der Waals surface area contributed by atoms with Crippen molar-refractivity contribution in [2.75, 3.05) is 0 Å². The maximum absolute atomic E-state index is 11.9. The van der Waals surface area contributed by atoms with Crippen molar-refractivity contribution in [1.29, 1.82) is 0 Å². The van der Waals surface area contributed by atoms with Gasteiger partial charge in [0.2, 0.25) is 0 Å². The van der Waals surface area contributed by atoms with Crippen molar-refractivity contribution in [2.24, 2.45) is 0 Å². The minimum atomic E-state index is -1.42. The van der Waals surface area contributed by atoms with E-state index in [9.17, 15) is 39.6 Å². The van der Waals surface area contributed by atoms with E-state index in [0.717, 1.165) is 30.3 Å². The van der Waals surface area contributed by atoms with Crippen LogP contribution in [-0.2, 0) is 0 Å². The van der Waals surface area contributed by atoms with Crippen LogP contribution in [0, 0.1) is 0 Å². The first-order chi connectivity index (χ1) is 14.2. The fraction of sp³-hybridized carbons (Fsp3) is 0. The van der Waals surface area contributed by atoms with Gasteiger partial charge < -0.3 is 20.4 Å². The van der Waals surface area contributed by atoms with Gasteiger partial charge in [-0.1, -0.05) is 30.3 Å². The third kappa shape index (κ3) is 3.74. The van der Waals surface area contributed by atoms with E-state index in [1.54, 1.807) is 30.3 Å². The molecule has 0 radical (unpaired) electrons. The predicted molar refractivity (Wildman–Crippen MR) is 105 cm³/mol. The van der Waals surface area contributed by atoms with Crippen molar-refractivity contribution in [3.63, 3.8) is 0 Å². The molecular weight excluding hydrogens is 392 g/mol. The zero-order valence-electron chi connectivity index (χ0n) is 15.2. The van der Waals surface area contributed by atoms with Crippen molar-refractivity contribution < 1.29 is 39.6 Å². The third-order valence-electron chi connectivity index (χ3n) is 4.49. The molecule has 0 saturated carbocycles. The lowest BCUT2D eigenvalue weighted by Crippen LogP contribution is -2.09. The fourth-order valence-electron chi connectivity index (χ4n) is 3.12. The van der Waals surface area contributed by atoms with E-state index in [-0.39, 0.29) is 38.9 Å². The lowest BCUT2D eigenvalue weighted by atomic mass is 9.88. The van der Waals surface area contributed by atoms with Crippen molar-refractivity contribution in [1.82, 2.24) is 0 Å². The Balaban J connectivity index is 2.41.